The molecule has 0 radical (unpaired) electrons. The third-order valence-electron chi connectivity index (χ3n) is 3.09. The summed E-state index contributed by atoms with van der Waals surface area (Å²) in [6.07, 6.45) is 0.892. The van der Waals surface area contributed by atoms with E-state index in [0.29, 0.717) is 6.42 Å². The van der Waals surface area contributed by atoms with Gasteiger partial charge >= 0.3 is 11.9 Å². The van der Waals surface area contributed by atoms with E-state index in [4.69, 9.17) is 10.2 Å². The second-order valence-corrected chi connectivity index (χ2v) is 4.75. The number of rotatable bonds is 10. The summed E-state index contributed by atoms with van der Waals surface area (Å²) in [5.74, 6) is -2.35. The molecule has 2 atom stereocenters. The van der Waals surface area contributed by atoms with Crippen LogP contribution in [-0.2, 0) is 14.4 Å². The quantitative estimate of drug-likeness (QED) is 0.541. The number of aliphatic carboxylic acids is 2. The van der Waals surface area contributed by atoms with Gasteiger partial charge in [-0.25, -0.2) is 0 Å². The van der Waals surface area contributed by atoms with Crippen LogP contribution in [0.15, 0.2) is 0 Å². The number of nitrogens with zero attached hydrogens (tertiary/aromatic N) is 1. The summed E-state index contributed by atoms with van der Waals surface area (Å²) in [5, 5.41) is 20.6. The predicted molar refractivity (Wildman–Crippen MR) is 73.4 cm³/mol. The van der Waals surface area contributed by atoms with Crippen molar-refractivity contribution in [3.63, 3.8) is 0 Å². The zero-order chi connectivity index (χ0) is 15.7. The maximum Gasteiger partial charge on any atom is 0.320 e. The zero-order valence-corrected chi connectivity index (χ0v) is 12.3. The lowest BCUT2D eigenvalue weighted by atomic mass is 10.1. The molecule has 0 fully saturated rings. The van der Waals surface area contributed by atoms with Crippen molar-refractivity contribution in [2.75, 3.05) is 13.1 Å². The Kier molecular flexibility index (Phi) is 8.54. The van der Waals surface area contributed by atoms with Gasteiger partial charge in [0.05, 0.1) is 13.0 Å². The molecule has 116 valence electrons. The van der Waals surface area contributed by atoms with Crippen molar-refractivity contribution in [3.05, 3.63) is 0 Å². The van der Waals surface area contributed by atoms with Crippen molar-refractivity contribution >= 4 is 17.8 Å². The number of carboxylic acids is 2. The molecule has 7 heteroatoms. The molecule has 0 aromatic heterocycles. The van der Waals surface area contributed by atoms with Crippen molar-refractivity contribution in [1.82, 2.24) is 10.2 Å². The van der Waals surface area contributed by atoms with Gasteiger partial charge in [-0.15, -0.1) is 0 Å². The van der Waals surface area contributed by atoms with Crippen LogP contribution in [0.3, 0.4) is 0 Å². The smallest absolute Gasteiger partial charge is 0.320 e. The van der Waals surface area contributed by atoms with Gasteiger partial charge < -0.3 is 15.5 Å². The van der Waals surface area contributed by atoms with Gasteiger partial charge in [-0.2, -0.15) is 0 Å². The average molecular weight is 288 g/mol. The van der Waals surface area contributed by atoms with E-state index in [1.54, 1.807) is 6.92 Å². The summed E-state index contributed by atoms with van der Waals surface area (Å²) in [6, 6.07) is -0.842. The molecule has 0 bridgehead atoms. The fraction of sp³-hybridized carbons (Fsp3) is 0.769. The third-order valence-corrected chi connectivity index (χ3v) is 3.09. The largest absolute Gasteiger partial charge is 0.481 e. The summed E-state index contributed by atoms with van der Waals surface area (Å²) in [4.78, 5) is 35.0. The van der Waals surface area contributed by atoms with Crippen LogP contribution in [-0.4, -0.2) is 58.1 Å². The molecule has 7 nitrogen and oxygen atoms in total. The molecule has 1 amide bonds. The number of carbonyl (C=O) groups excluding carboxylic acids is 1. The topological polar surface area (TPSA) is 107 Å². The van der Waals surface area contributed by atoms with E-state index in [2.05, 4.69) is 5.32 Å². The number of nitrogens with one attached hydrogen (secondary N) is 1. The highest BCUT2D eigenvalue weighted by Crippen LogP contribution is 2.06. The second-order valence-electron chi connectivity index (χ2n) is 4.75. The van der Waals surface area contributed by atoms with Crippen LogP contribution in [0.5, 0.6) is 0 Å². The second kappa shape index (κ2) is 9.30. The van der Waals surface area contributed by atoms with Gasteiger partial charge in [0.25, 0.3) is 0 Å². The predicted octanol–water partition coefficient (Wildman–Crippen LogP) is 0.541. The molecule has 0 aliphatic rings. The Morgan fingerprint density at radius 3 is 2.15 bits per heavy atom. The lowest BCUT2D eigenvalue weighted by molar-refractivity contribution is -0.146. The Bertz CT molecular complexity index is 346. The van der Waals surface area contributed by atoms with Crippen LogP contribution in [0.2, 0.25) is 0 Å². The van der Waals surface area contributed by atoms with Crippen molar-refractivity contribution in [3.8, 4) is 0 Å². The lowest BCUT2D eigenvalue weighted by Crippen LogP contribution is -2.48. The first kappa shape index (κ1) is 18.4. The molecule has 0 saturated heterocycles. The Hall–Kier alpha value is -1.63. The number of carbonyl (C=O) groups is 3. The standard InChI is InChI=1S/C13H24N2O5/c1-4-9(3)14-11(16)8-15(7-6-12(17)18)10(5-2)13(19)20/h9-10H,4-8H2,1-3H3,(H,14,16)(H,17,18)(H,19,20). The van der Waals surface area contributed by atoms with E-state index >= 15 is 0 Å². The monoisotopic (exact) mass is 288 g/mol. The molecule has 0 spiro atoms. The van der Waals surface area contributed by atoms with Crippen LogP contribution >= 0.6 is 0 Å². The first-order valence-electron chi connectivity index (χ1n) is 6.79. The van der Waals surface area contributed by atoms with E-state index < -0.39 is 18.0 Å². The summed E-state index contributed by atoms with van der Waals surface area (Å²) in [6.45, 7) is 5.41. The summed E-state index contributed by atoms with van der Waals surface area (Å²) < 4.78 is 0. The first-order chi connectivity index (χ1) is 9.31. The number of carboxylic acid groups (broad SMARTS) is 2. The van der Waals surface area contributed by atoms with E-state index in [0.717, 1.165) is 6.42 Å². The number of hydrogen-bond donors (Lipinski definition) is 3. The van der Waals surface area contributed by atoms with Crippen LogP contribution in [0.4, 0.5) is 0 Å². The molecular weight excluding hydrogens is 264 g/mol. The Balaban J connectivity index is 4.70. The van der Waals surface area contributed by atoms with Gasteiger partial charge in [-0.05, 0) is 19.8 Å². The van der Waals surface area contributed by atoms with E-state index in [1.165, 1.54) is 4.90 Å². The summed E-state index contributed by atoms with van der Waals surface area (Å²) in [5.41, 5.74) is 0. The molecule has 0 aromatic carbocycles. The molecule has 0 rings (SSSR count). The van der Waals surface area contributed by atoms with Gasteiger partial charge in [0.2, 0.25) is 5.91 Å². The van der Waals surface area contributed by atoms with Crippen LogP contribution < -0.4 is 5.32 Å². The Morgan fingerprint density at radius 2 is 1.75 bits per heavy atom. The van der Waals surface area contributed by atoms with Gasteiger partial charge in [0.1, 0.15) is 6.04 Å². The van der Waals surface area contributed by atoms with E-state index in [-0.39, 0.29) is 31.5 Å². The molecule has 0 heterocycles. The fourth-order valence-electron chi connectivity index (χ4n) is 1.78. The SMILES string of the molecule is CCC(C)NC(=O)CN(CCC(=O)O)C(CC)C(=O)O. The molecular formula is C13H24N2O5. The Labute approximate surface area is 119 Å². The minimum Gasteiger partial charge on any atom is -0.481 e. The molecule has 0 aliphatic heterocycles. The summed E-state index contributed by atoms with van der Waals surface area (Å²) >= 11 is 0. The fourth-order valence-corrected chi connectivity index (χ4v) is 1.78. The highest BCUT2D eigenvalue weighted by Gasteiger charge is 2.26. The van der Waals surface area contributed by atoms with Crippen LogP contribution in [0.25, 0.3) is 0 Å². The molecule has 20 heavy (non-hydrogen) atoms. The summed E-state index contributed by atoms with van der Waals surface area (Å²) in [7, 11) is 0. The van der Waals surface area contributed by atoms with Gasteiger partial charge in [-0.1, -0.05) is 13.8 Å². The van der Waals surface area contributed by atoms with Crippen molar-refractivity contribution in [2.45, 2.75) is 52.1 Å². The minimum atomic E-state index is -1.05. The van der Waals surface area contributed by atoms with Crippen LogP contribution in [0.1, 0.15) is 40.0 Å². The highest BCUT2D eigenvalue weighted by molar-refractivity contribution is 5.80. The van der Waals surface area contributed by atoms with Crippen molar-refractivity contribution < 1.29 is 24.6 Å². The molecule has 2 unspecified atom stereocenters. The highest BCUT2D eigenvalue weighted by atomic mass is 16.4. The van der Waals surface area contributed by atoms with E-state index in [9.17, 15) is 14.4 Å². The minimum absolute atomic E-state index is 0.00808. The lowest BCUT2D eigenvalue weighted by Gasteiger charge is -2.27. The van der Waals surface area contributed by atoms with Gasteiger partial charge in [0, 0.05) is 12.6 Å². The number of amides is 1. The zero-order valence-electron chi connectivity index (χ0n) is 12.3. The van der Waals surface area contributed by atoms with Crippen molar-refractivity contribution in [2.24, 2.45) is 0 Å². The Morgan fingerprint density at radius 1 is 1.15 bits per heavy atom. The third kappa shape index (κ3) is 7.08. The maximum atomic E-state index is 11.8. The molecule has 0 aliphatic carbocycles. The first-order valence-corrected chi connectivity index (χ1v) is 6.79. The number of hydrogen-bond acceptors (Lipinski definition) is 4. The average Bonchev–Trinajstić information content (AvgIpc) is 2.35. The normalized spacial score (nSPS) is 13.8. The van der Waals surface area contributed by atoms with E-state index in [1.807, 2.05) is 13.8 Å². The molecule has 3 N–H and O–H groups in total. The maximum absolute atomic E-state index is 11.8. The molecule has 0 aromatic rings. The van der Waals surface area contributed by atoms with Gasteiger partial charge in [-0.3, -0.25) is 19.3 Å². The molecule has 0 saturated carbocycles. The van der Waals surface area contributed by atoms with Gasteiger partial charge in [0.15, 0.2) is 0 Å². The van der Waals surface area contributed by atoms with Crippen LogP contribution in [0, 0.1) is 0 Å². The van der Waals surface area contributed by atoms with Crippen molar-refractivity contribution in [1.29, 1.82) is 0 Å².